The van der Waals surface area contributed by atoms with Crippen molar-refractivity contribution in [2.75, 3.05) is 13.1 Å². The average Bonchev–Trinajstić information content (AvgIpc) is 3.13. The minimum Gasteiger partial charge on any atom is -0.334 e. The van der Waals surface area contributed by atoms with E-state index in [0.29, 0.717) is 23.9 Å². The summed E-state index contributed by atoms with van der Waals surface area (Å²) in [5, 5.41) is 4.99. The first-order valence-electron chi connectivity index (χ1n) is 7.74. The minimum absolute atomic E-state index is 0. The Bertz CT molecular complexity index is 731. The van der Waals surface area contributed by atoms with Crippen LogP contribution in [0.2, 0.25) is 5.02 Å². The normalized spacial score (nSPS) is 17.2. The Morgan fingerprint density at radius 2 is 2.08 bits per heavy atom. The first kappa shape index (κ1) is 18.7. The van der Waals surface area contributed by atoms with Crippen molar-refractivity contribution < 1.29 is 4.79 Å². The van der Waals surface area contributed by atoms with Crippen molar-refractivity contribution >= 4 is 29.9 Å². The van der Waals surface area contributed by atoms with Gasteiger partial charge in [0.1, 0.15) is 5.82 Å². The SMILES string of the molecule is CC(C)c1nc(C(=O)N2CC[C@@H](N)C2)nn1-c1ccccc1Cl.Cl. The predicted octanol–water partition coefficient (Wildman–Crippen LogP) is 2.64. The summed E-state index contributed by atoms with van der Waals surface area (Å²) in [4.78, 5) is 18.8. The highest BCUT2D eigenvalue weighted by atomic mass is 35.5. The Balaban J connectivity index is 0.00000208. The van der Waals surface area contributed by atoms with E-state index in [-0.39, 0.29) is 36.1 Å². The number of para-hydroxylation sites is 1. The molecule has 130 valence electrons. The van der Waals surface area contributed by atoms with Crippen LogP contribution in [0.5, 0.6) is 0 Å². The number of carbonyl (C=O) groups excluding carboxylic acids is 1. The van der Waals surface area contributed by atoms with E-state index < -0.39 is 0 Å². The Morgan fingerprint density at radius 1 is 1.38 bits per heavy atom. The second kappa shape index (κ2) is 7.51. The fraction of sp³-hybridized carbons (Fsp3) is 0.438. The van der Waals surface area contributed by atoms with Gasteiger partial charge in [-0.1, -0.05) is 37.6 Å². The number of hydrogen-bond acceptors (Lipinski definition) is 4. The number of amides is 1. The number of nitrogens with zero attached hydrogens (tertiary/aromatic N) is 4. The lowest BCUT2D eigenvalue weighted by molar-refractivity contribution is 0.0779. The van der Waals surface area contributed by atoms with Gasteiger partial charge in [0.05, 0.1) is 10.7 Å². The molecule has 0 bridgehead atoms. The third-order valence-electron chi connectivity index (χ3n) is 3.93. The molecule has 8 heteroatoms. The van der Waals surface area contributed by atoms with E-state index in [1.807, 2.05) is 32.0 Å². The van der Waals surface area contributed by atoms with Crippen LogP contribution in [-0.2, 0) is 0 Å². The Kier molecular flexibility index (Phi) is 5.85. The van der Waals surface area contributed by atoms with E-state index in [9.17, 15) is 4.79 Å². The summed E-state index contributed by atoms with van der Waals surface area (Å²) in [7, 11) is 0. The standard InChI is InChI=1S/C16H20ClN5O.ClH/c1-10(2)15-19-14(16(23)21-8-7-11(18)9-21)20-22(15)13-6-4-3-5-12(13)17;/h3-6,10-11H,7-9,18H2,1-2H3;1H/t11-;/m1./s1. The highest BCUT2D eigenvalue weighted by Gasteiger charge is 2.28. The third-order valence-corrected chi connectivity index (χ3v) is 4.25. The van der Waals surface area contributed by atoms with Crippen LogP contribution < -0.4 is 5.73 Å². The molecule has 24 heavy (non-hydrogen) atoms. The maximum atomic E-state index is 12.6. The molecule has 2 aromatic rings. The molecular weight excluding hydrogens is 349 g/mol. The number of nitrogens with two attached hydrogens (primary N) is 1. The van der Waals surface area contributed by atoms with E-state index in [0.717, 1.165) is 12.1 Å². The van der Waals surface area contributed by atoms with Gasteiger partial charge in [-0.3, -0.25) is 4.79 Å². The van der Waals surface area contributed by atoms with E-state index in [4.69, 9.17) is 17.3 Å². The second-order valence-electron chi connectivity index (χ2n) is 6.11. The maximum Gasteiger partial charge on any atom is 0.293 e. The van der Waals surface area contributed by atoms with Crippen LogP contribution in [0.15, 0.2) is 24.3 Å². The highest BCUT2D eigenvalue weighted by Crippen LogP contribution is 2.24. The second-order valence-corrected chi connectivity index (χ2v) is 6.52. The number of aromatic nitrogens is 3. The van der Waals surface area contributed by atoms with Crippen LogP contribution in [0.4, 0.5) is 0 Å². The summed E-state index contributed by atoms with van der Waals surface area (Å²) in [6.07, 6.45) is 0.813. The third kappa shape index (κ3) is 3.55. The molecule has 1 saturated heterocycles. The van der Waals surface area contributed by atoms with Gasteiger partial charge in [-0.25, -0.2) is 9.67 Å². The minimum atomic E-state index is -0.175. The molecule has 1 aliphatic heterocycles. The number of rotatable bonds is 3. The van der Waals surface area contributed by atoms with Gasteiger partial charge in [0.15, 0.2) is 0 Å². The number of halogens is 2. The quantitative estimate of drug-likeness (QED) is 0.901. The fourth-order valence-electron chi connectivity index (χ4n) is 2.70. The molecular formula is C16H21Cl2N5O. The Morgan fingerprint density at radius 3 is 2.67 bits per heavy atom. The monoisotopic (exact) mass is 369 g/mol. The largest absolute Gasteiger partial charge is 0.334 e. The molecule has 0 aliphatic carbocycles. The summed E-state index contributed by atoms with van der Waals surface area (Å²) in [5.41, 5.74) is 6.60. The molecule has 1 aliphatic rings. The van der Waals surface area contributed by atoms with E-state index in [1.54, 1.807) is 15.6 Å². The molecule has 3 rings (SSSR count). The molecule has 1 atom stereocenters. The molecule has 1 aromatic carbocycles. The number of hydrogen-bond donors (Lipinski definition) is 1. The smallest absolute Gasteiger partial charge is 0.293 e. The summed E-state index contributed by atoms with van der Waals surface area (Å²) in [5.74, 6) is 0.847. The van der Waals surface area contributed by atoms with Crippen molar-refractivity contribution in [1.82, 2.24) is 19.7 Å². The first-order chi connectivity index (χ1) is 11.0. The summed E-state index contributed by atoms with van der Waals surface area (Å²) >= 11 is 6.27. The first-order valence-corrected chi connectivity index (χ1v) is 8.12. The molecule has 1 amide bonds. The molecule has 1 fully saturated rings. The van der Waals surface area contributed by atoms with Gasteiger partial charge in [0, 0.05) is 25.0 Å². The zero-order valence-corrected chi connectivity index (χ0v) is 15.2. The van der Waals surface area contributed by atoms with Crippen LogP contribution in [0.3, 0.4) is 0 Å². The van der Waals surface area contributed by atoms with Crippen molar-refractivity contribution in [2.45, 2.75) is 32.2 Å². The van der Waals surface area contributed by atoms with Crippen LogP contribution in [0.25, 0.3) is 5.69 Å². The summed E-state index contributed by atoms with van der Waals surface area (Å²) in [6, 6.07) is 7.44. The lowest BCUT2D eigenvalue weighted by atomic mass is 10.2. The van der Waals surface area contributed by atoms with Crippen molar-refractivity contribution in [1.29, 1.82) is 0 Å². The van der Waals surface area contributed by atoms with Gasteiger partial charge >= 0.3 is 0 Å². The number of likely N-dealkylation sites (tertiary alicyclic amines) is 1. The van der Waals surface area contributed by atoms with Gasteiger partial charge in [-0.2, -0.15) is 0 Å². The zero-order valence-electron chi connectivity index (χ0n) is 13.6. The lowest BCUT2D eigenvalue weighted by Crippen LogP contribution is -2.32. The fourth-order valence-corrected chi connectivity index (χ4v) is 2.92. The molecule has 6 nitrogen and oxygen atoms in total. The van der Waals surface area contributed by atoms with Crippen molar-refractivity contribution in [3.05, 3.63) is 40.9 Å². The maximum absolute atomic E-state index is 12.6. The van der Waals surface area contributed by atoms with Gasteiger partial charge in [-0.15, -0.1) is 17.5 Å². The van der Waals surface area contributed by atoms with Gasteiger partial charge < -0.3 is 10.6 Å². The van der Waals surface area contributed by atoms with Crippen molar-refractivity contribution in [3.63, 3.8) is 0 Å². The molecule has 0 saturated carbocycles. The molecule has 1 aromatic heterocycles. The number of benzene rings is 1. The molecule has 2 N–H and O–H groups in total. The zero-order chi connectivity index (χ0) is 16.6. The van der Waals surface area contributed by atoms with E-state index in [2.05, 4.69) is 10.1 Å². The Labute approximate surface area is 152 Å². The molecule has 2 heterocycles. The van der Waals surface area contributed by atoms with Crippen LogP contribution >= 0.6 is 24.0 Å². The van der Waals surface area contributed by atoms with Crippen LogP contribution in [0.1, 0.15) is 42.6 Å². The molecule has 0 radical (unpaired) electrons. The van der Waals surface area contributed by atoms with Gasteiger partial charge in [0.25, 0.3) is 5.91 Å². The summed E-state index contributed by atoms with van der Waals surface area (Å²) in [6.45, 7) is 5.23. The summed E-state index contributed by atoms with van der Waals surface area (Å²) < 4.78 is 1.66. The van der Waals surface area contributed by atoms with E-state index >= 15 is 0 Å². The van der Waals surface area contributed by atoms with Crippen LogP contribution in [0, 0.1) is 0 Å². The van der Waals surface area contributed by atoms with E-state index in [1.165, 1.54) is 0 Å². The average molecular weight is 370 g/mol. The molecule has 0 unspecified atom stereocenters. The van der Waals surface area contributed by atoms with Gasteiger partial charge in [0.2, 0.25) is 5.82 Å². The number of carbonyl (C=O) groups is 1. The molecule has 0 spiro atoms. The lowest BCUT2D eigenvalue weighted by Gasteiger charge is -2.12. The van der Waals surface area contributed by atoms with Crippen LogP contribution in [-0.4, -0.2) is 44.7 Å². The van der Waals surface area contributed by atoms with Crippen molar-refractivity contribution in [3.8, 4) is 5.69 Å². The predicted molar refractivity (Wildman–Crippen MR) is 96.2 cm³/mol. The highest BCUT2D eigenvalue weighted by molar-refractivity contribution is 6.32. The topological polar surface area (TPSA) is 77.0 Å². The van der Waals surface area contributed by atoms with Gasteiger partial charge in [-0.05, 0) is 18.6 Å². The van der Waals surface area contributed by atoms with Crippen molar-refractivity contribution in [2.24, 2.45) is 5.73 Å². The Hall–Kier alpha value is -1.63.